The SMILES string of the molecule is CC(C)(C)OC(=O)N1CCc2ncccc2C1Cc1ccc(-c2ccc(N)cc2)cc1. The number of rotatable bonds is 3. The van der Waals surface area contributed by atoms with Gasteiger partial charge in [0, 0.05) is 30.5 Å². The summed E-state index contributed by atoms with van der Waals surface area (Å²) < 4.78 is 5.70. The molecule has 2 heterocycles. The zero-order valence-corrected chi connectivity index (χ0v) is 18.3. The number of pyridine rings is 1. The molecule has 31 heavy (non-hydrogen) atoms. The van der Waals surface area contributed by atoms with Crippen molar-refractivity contribution in [1.82, 2.24) is 9.88 Å². The second-order valence-electron chi connectivity index (χ2n) is 9.00. The van der Waals surface area contributed by atoms with E-state index in [1.807, 2.05) is 62.2 Å². The summed E-state index contributed by atoms with van der Waals surface area (Å²) >= 11 is 0. The molecule has 1 aliphatic heterocycles. The molecule has 1 amide bonds. The molecule has 0 aliphatic carbocycles. The quantitative estimate of drug-likeness (QED) is 0.581. The Morgan fingerprint density at radius 1 is 1.06 bits per heavy atom. The van der Waals surface area contributed by atoms with Gasteiger partial charge >= 0.3 is 6.09 Å². The first-order valence-electron chi connectivity index (χ1n) is 10.7. The van der Waals surface area contributed by atoms with E-state index in [1.165, 1.54) is 0 Å². The van der Waals surface area contributed by atoms with Crippen LogP contribution in [-0.2, 0) is 17.6 Å². The molecule has 1 atom stereocenters. The molecule has 2 aromatic carbocycles. The van der Waals surface area contributed by atoms with Crippen molar-refractivity contribution in [1.29, 1.82) is 0 Å². The highest BCUT2D eigenvalue weighted by Gasteiger charge is 2.34. The van der Waals surface area contributed by atoms with E-state index in [2.05, 4.69) is 35.3 Å². The Morgan fingerprint density at radius 3 is 2.35 bits per heavy atom. The van der Waals surface area contributed by atoms with Crippen LogP contribution in [0.3, 0.4) is 0 Å². The summed E-state index contributed by atoms with van der Waals surface area (Å²) in [5.74, 6) is 0. The number of aromatic nitrogens is 1. The lowest BCUT2D eigenvalue weighted by atomic mass is 9.91. The lowest BCUT2D eigenvalue weighted by Crippen LogP contribution is -2.44. The smallest absolute Gasteiger partial charge is 0.410 e. The number of nitrogen functional groups attached to an aromatic ring is 1. The summed E-state index contributed by atoms with van der Waals surface area (Å²) in [6, 6.07) is 20.3. The molecule has 1 aliphatic rings. The van der Waals surface area contributed by atoms with Gasteiger partial charge in [0.1, 0.15) is 5.60 Å². The number of anilines is 1. The zero-order valence-electron chi connectivity index (χ0n) is 18.3. The minimum atomic E-state index is -0.530. The molecule has 0 fully saturated rings. The summed E-state index contributed by atoms with van der Waals surface area (Å²) in [7, 11) is 0. The first-order valence-corrected chi connectivity index (χ1v) is 10.7. The highest BCUT2D eigenvalue weighted by Crippen LogP contribution is 2.33. The van der Waals surface area contributed by atoms with Crippen molar-refractivity contribution >= 4 is 11.8 Å². The van der Waals surface area contributed by atoms with Gasteiger partial charge in [0.2, 0.25) is 0 Å². The molecule has 5 heteroatoms. The number of nitrogens with zero attached hydrogens (tertiary/aromatic N) is 2. The Bertz CT molecular complexity index is 1050. The number of nitrogens with two attached hydrogens (primary N) is 1. The van der Waals surface area contributed by atoms with Crippen LogP contribution >= 0.6 is 0 Å². The van der Waals surface area contributed by atoms with Crippen molar-refractivity contribution in [2.24, 2.45) is 0 Å². The Labute approximate surface area is 183 Å². The summed E-state index contributed by atoms with van der Waals surface area (Å²) in [5, 5.41) is 0. The van der Waals surface area contributed by atoms with E-state index in [1.54, 1.807) is 0 Å². The molecule has 0 saturated heterocycles. The molecule has 0 radical (unpaired) electrons. The standard InChI is InChI=1S/C26H29N3O2/c1-26(2,3)31-25(30)29-16-14-23-22(5-4-15-28-23)24(29)17-18-6-8-19(9-7-18)20-10-12-21(27)13-11-20/h4-13,15,24H,14,16-17,27H2,1-3H3. The van der Waals surface area contributed by atoms with Gasteiger partial charge < -0.3 is 15.4 Å². The maximum atomic E-state index is 13.0. The molecule has 1 unspecified atom stereocenters. The fraction of sp³-hybridized carbons (Fsp3) is 0.308. The number of carbonyl (C=O) groups is 1. The van der Waals surface area contributed by atoms with Crippen molar-refractivity contribution < 1.29 is 9.53 Å². The number of amides is 1. The maximum Gasteiger partial charge on any atom is 0.410 e. The number of ether oxygens (including phenoxy) is 1. The molecule has 4 rings (SSSR count). The Balaban J connectivity index is 1.60. The monoisotopic (exact) mass is 415 g/mol. The van der Waals surface area contributed by atoms with Gasteiger partial charge in [-0.05, 0) is 67.6 Å². The average Bonchev–Trinajstić information content (AvgIpc) is 2.74. The number of carbonyl (C=O) groups excluding carboxylic acids is 1. The van der Waals surface area contributed by atoms with E-state index in [0.717, 1.165) is 40.1 Å². The van der Waals surface area contributed by atoms with Crippen molar-refractivity contribution in [3.63, 3.8) is 0 Å². The lowest BCUT2D eigenvalue weighted by molar-refractivity contribution is 0.0140. The average molecular weight is 416 g/mol. The number of hydrogen-bond donors (Lipinski definition) is 1. The van der Waals surface area contributed by atoms with Crippen LogP contribution in [0.1, 0.15) is 43.6 Å². The molecule has 3 aromatic rings. The molecule has 160 valence electrons. The normalized spacial score (nSPS) is 16.0. The predicted molar refractivity (Wildman–Crippen MR) is 124 cm³/mol. The van der Waals surface area contributed by atoms with Crippen LogP contribution in [0.25, 0.3) is 11.1 Å². The second kappa shape index (κ2) is 8.42. The van der Waals surface area contributed by atoms with Gasteiger partial charge in [-0.15, -0.1) is 0 Å². The van der Waals surface area contributed by atoms with Gasteiger partial charge in [-0.1, -0.05) is 42.5 Å². The van der Waals surface area contributed by atoms with Gasteiger partial charge in [0.15, 0.2) is 0 Å². The number of hydrogen-bond acceptors (Lipinski definition) is 4. The third kappa shape index (κ3) is 4.88. The number of fused-ring (bicyclic) bond motifs is 1. The van der Waals surface area contributed by atoms with Crippen molar-refractivity contribution in [2.45, 2.75) is 45.3 Å². The van der Waals surface area contributed by atoms with Crippen LogP contribution in [0.5, 0.6) is 0 Å². The van der Waals surface area contributed by atoms with E-state index >= 15 is 0 Å². The zero-order chi connectivity index (χ0) is 22.0. The molecule has 0 spiro atoms. The molecule has 0 saturated carbocycles. The highest BCUT2D eigenvalue weighted by molar-refractivity contribution is 5.70. The van der Waals surface area contributed by atoms with Gasteiger partial charge in [-0.3, -0.25) is 4.98 Å². The van der Waals surface area contributed by atoms with Crippen LogP contribution in [0, 0.1) is 0 Å². The minimum absolute atomic E-state index is 0.102. The first kappa shape index (κ1) is 20.9. The van der Waals surface area contributed by atoms with Gasteiger partial charge in [-0.25, -0.2) is 4.79 Å². The van der Waals surface area contributed by atoms with E-state index in [-0.39, 0.29) is 12.1 Å². The van der Waals surface area contributed by atoms with Gasteiger partial charge in [0.05, 0.1) is 6.04 Å². The molecule has 2 N–H and O–H groups in total. The summed E-state index contributed by atoms with van der Waals surface area (Å²) in [6.45, 7) is 6.30. The molecular formula is C26H29N3O2. The molecule has 5 nitrogen and oxygen atoms in total. The third-order valence-electron chi connectivity index (χ3n) is 5.51. The highest BCUT2D eigenvalue weighted by atomic mass is 16.6. The minimum Gasteiger partial charge on any atom is -0.444 e. The maximum absolute atomic E-state index is 13.0. The topological polar surface area (TPSA) is 68.5 Å². The van der Waals surface area contributed by atoms with Crippen LogP contribution in [0.4, 0.5) is 10.5 Å². The fourth-order valence-corrected chi connectivity index (χ4v) is 4.00. The molecule has 0 bridgehead atoms. The first-order chi connectivity index (χ1) is 14.8. The summed E-state index contributed by atoms with van der Waals surface area (Å²) in [4.78, 5) is 19.4. The Kier molecular flexibility index (Phi) is 5.68. The number of benzene rings is 2. The van der Waals surface area contributed by atoms with E-state index < -0.39 is 5.60 Å². The lowest BCUT2D eigenvalue weighted by Gasteiger charge is -2.37. The summed E-state index contributed by atoms with van der Waals surface area (Å²) in [6.07, 6.45) is 2.99. The summed E-state index contributed by atoms with van der Waals surface area (Å²) in [5.41, 5.74) is 11.6. The van der Waals surface area contributed by atoms with Crippen LogP contribution in [-0.4, -0.2) is 28.1 Å². The molecule has 1 aromatic heterocycles. The molecular weight excluding hydrogens is 386 g/mol. The van der Waals surface area contributed by atoms with Crippen molar-refractivity contribution in [2.75, 3.05) is 12.3 Å². The van der Waals surface area contributed by atoms with Crippen LogP contribution in [0.15, 0.2) is 66.9 Å². The second-order valence-corrected chi connectivity index (χ2v) is 9.00. The van der Waals surface area contributed by atoms with E-state index in [4.69, 9.17) is 10.5 Å². The Morgan fingerprint density at radius 2 is 1.71 bits per heavy atom. The third-order valence-corrected chi connectivity index (χ3v) is 5.51. The van der Waals surface area contributed by atoms with Crippen LogP contribution in [0.2, 0.25) is 0 Å². The predicted octanol–water partition coefficient (Wildman–Crippen LogP) is 5.41. The largest absolute Gasteiger partial charge is 0.444 e. The van der Waals surface area contributed by atoms with E-state index in [0.29, 0.717) is 13.0 Å². The van der Waals surface area contributed by atoms with Crippen molar-refractivity contribution in [3.8, 4) is 11.1 Å². The van der Waals surface area contributed by atoms with E-state index in [9.17, 15) is 4.79 Å². The Hall–Kier alpha value is -3.34. The van der Waals surface area contributed by atoms with Crippen molar-refractivity contribution in [3.05, 3.63) is 83.7 Å². The van der Waals surface area contributed by atoms with Gasteiger partial charge in [-0.2, -0.15) is 0 Å². The fourth-order valence-electron chi connectivity index (χ4n) is 4.00. The van der Waals surface area contributed by atoms with Crippen LogP contribution < -0.4 is 5.73 Å². The van der Waals surface area contributed by atoms with Gasteiger partial charge in [0.25, 0.3) is 0 Å².